The highest BCUT2D eigenvalue weighted by atomic mass is 32.2. The van der Waals surface area contributed by atoms with Crippen LogP contribution >= 0.6 is 0 Å². The number of anilines is 3. The van der Waals surface area contributed by atoms with E-state index in [9.17, 15) is 17.2 Å². The van der Waals surface area contributed by atoms with Crippen molar-refractivity contribution in [3.8, 4) is 0 Å². The van der Waals surface area contributed by atoms with Crippen LogP contribution in [0.2, 0.25) is 0 Å². The van der Waals surface area contributed by atoms with E-state index in [0.29, 0.717) is 5.69 Å². The van der Waals surface area contributed by atoms with Crippen molar-refractivity contribution in [1.82, 2.24) is 0 Å². The molecule has 0 fully saturated rings. The predicted molar refractivity (Wildman–Crippen MR) is 73.6 cm³/mol. The van der Waals surface area contributed by atoms with Crippen LogP contribution < -0.4 is 11.1 Å². The fourth-order valence-electron chi connectivity index (χ4n) is 1.62. The normalized spacial score (nSPS) is 11.3. The van der Waals surface area contributed by atoms with Gasteiger partial charge in [-0.3, -0.25) is 0 Å². The zero-order valence-corrected chi connectivity index (χ0v) is 11.3. The monoisotopic (exact) mass is 298 g/mol. The van der Waals surface area contributed by atoms with E-state index in [1.54, 1.807) is 0 Å². The summed E-state index contributed by atoms with van der Waals surface area (Å²) in [4.78, 5) is 0.0696. The van der Waals surface area contributed by atoms with Crippen molar-refractivity contribution in [2.24, 2.45) is 0 Å². The van der Waals surface area contributed by atoms with E-state index < -0.39 is 21.5 Å². The molecule has 20 heavy (non-hydrogen) atoms. The third kappa shape index (κ3) is 3.05. The molecule has 2 aromatic rings. The van der Waals surface area contributed by atoms with Crippen LogP contribution in [0.15, 0.2) is 41.3 Å². The fourth-order valence-corrected chi connectivity index (χ4v) is 2.28. The van der Waals surface area contributed by atoms with Crippen LogP contribution in [0.1, 0.15) is 0 Å². The van der Waals surface area contributed by atoms with Gasteiger partial charge in [-0.05, 0) is 30.3 Å². The molecule has 4 nitrogen and oxygen atoms in total. The van der Waals surface area contributed by atoms with Gasteiger partial charge in [-0.15, -0.1) is 0 Å². The van der Waals surface area contributed by atoms with Gasteiger partial charge in [0.25, 0.3) is 0 Å². The van der Waals surface area contributed by atoms with Gasteiger partial charge in [0.15, 0.2) is 9.84 Å². The molecule has 0 spiro atoms. The van der Waals surface area contributed by atoms with Gasteiger partial charge in [0.1, 0.15) is 11.6 Å². The first-order chi connectivity index (χ1) is 9.27. The van der Waals surface area contributed by atoms with Gasteiger partial charge in [0.2, 0.25) is 0 Å². The Labute approximate surface area is 115 Å². The quantitative estimate of drug-likeness (QED) is 0.855. The zero-order valence-electron chi connectivity index (χ0n) is 10.5. The molecule has 0 bridgehead atoms. The van der Waals surface area contributed by atoms with Crippen LogP contribution in [0.5, 0.6) is 0 Å². The second-order valence-corrected chi connectivity index (χ2v) is 6.29. The highest BCUT2D eigenvalue weighted by molar-refractivity contribution is 7.90. The van der Waals surface area contributed by atoms with Gasteiger partial charge < -0.3 is 11.1 Å². The molecule has 2 rings (SSSR count). The van der Waals surface area contributed by atoms with Gasteiger partial charge in [-0.25, -0.2) is 17.2 Å². The van der Waals surface area contributed by atoms with Crippen molar-refractivity contribution in [3.63, 3.8) is 0 Å². The molecule has 0 saturated heterocycles. The lowest BCUT2D eigenvalue weighted by Crippen LogP contribution is -2.02. The Morgan fingerprint density at radius 3 is 2.25 bits per heavy atom. The number of benzene rings is 2. The lowest BCUT2D eigenvalue weighted by molar-refractivity contribution is 0.586. The molecule has 0 aromatic heterocycles. The molecule has 0 heterocycles. The van der Waals surface area contributed by atoms with Crippen LogP contribution in [0, 0.1) is 11.6 Å². The number of nitrogens with one attached hydrogen (secondary N) is 1. The summed E-state index contributed by atoms with van der Waals surface area (Å²) in [5.74, 6) is -1.45. The lowest BCUT2D eigenvalue weighted by Gasteiger charge is -2.11. The van der Waals surface area contributed by atoms with Crippen molar-refractivity contribution in [3.05, 3.63) is 48.0 Å². The third-order valence-corrected chi connectivity index (χ3v) is 3.76. The van der Waals surface area contributed by atoms with E-state index in [-0.39, 0.29) is 16.3 Å². The average molecular weight is 298 g/mol. The molecule has 2 aromatic carbocycles. The Balaban J connectivity index is 2.35. The van der Waals surface area contributed by atoms with E-state index in [2.05, 4.69) is 5.32 Å². The molecule has 0 atom stereocenters. The second kappa shape index (κ2) is 5.09. The summed E-state index contributed by atoms with van der Waals surface area (Å²) in [6.07, 6.45) is 1.06. The minimum atomic E-state index is -3.36. The minimum Gasteiger partial charge on any atom is -0.397 e. The highest BCUT2D eigenvalue weighted by Gasteiger charge is 2.11. The largest absolute Gasteiger partial charge is 0.397 e. The standard InChI is InChI=1S/C13H12F2N2O2S/c1-20(18,19)9-3-5-13(11(16)7-9)17-12-4-2-8(14)6-10(12)15/h2-7,17H,16H2,1H3. The van der Waals surface area contributed by atoms with Gasteiger partial charge in [0, 0.05) is 12.3 Å². The van der Waals surface area contributed by atoms with Crippen LogP contribution in [-0.4, -0.2) is 14.7 Å². The summed E-state index contributed by atoms with van der Waals surface area (Å²) >= 11 is 0. The van der Waals surface area contributed by atoms with Crippen molar-refractivity contribution < 1.29 is 17.2 Å². The number of sulfone groups is 1. The maximum absolute atomic E-state index is 13.5. The molecule has 0 amide bonds. The van der Waals surface area contributed by atoms with E-state index in [0.717, 1.165) is 18.4 Å². The smallest absolute Gasteiger partial charge is 0.175 e. The summed E-state index contributed by atoms with van der Waals surface area (Å²) in [5.41, 5.74) is 6.25. The van der Waals surface area contributed by atoms with Gasteiger partial charge >= 0.3 is 0 Å². The molecule has 0 radical (unpaired) electrons. The summed E-state index contributed by atoms with van der Waals surface area (Å²) in [6, 6.07) is 7.13. The molecule has 0 aliphatic carbocycles. The first-order valence-electron chi connectivity index (χ1n) is 5.59. The zero-order chi connectivity index (χ0) is 14.9. The summed E-state index contributed by atoms with van der Waals surface area (Å²) in [5, 5.41) is 2.68. The Morgan fingerprint density at radius 2 is 1.70 bits per heavy atom. The molecule has 0 saturated carbocycles. The molecule has 0 unspecified atom stereocenters. The summed E-state index contributed by atoms with van der Waals surface area (Å²) < 4.78 is 49.0. The predicted octanol–water partition coefficient (Wildman–Crippen LogP) is 2.69. The molecular weight excluding hydrogens is 286 g/mol. The number of nitrogens with two attached hydrogens (primary N) is 1. The number of hydrogen-bond donors (Lipinski definition) is 2. The number of nitrogen functional groups attached to an aromatic ring is 1. The molecule has 106 valence electrons. The lowest BCUT2D eigenvalue weighted by atomic mass is 10.2. The van der Waals surface area contributed by atoms with Gasteiger partial charge in [-0.2, -0.15) is 0 Å². The van der Waals surface area contributed by atoms with E-state index in [4.69, 9.17) is 5.73 Å². The van der Waals surface area contributed by atoms with Crippen molar-refractivity contribution in [2.45, 2.75) is 4.90 Å². The van der Waals surface area contributed by atoms with E-state index in [1.807, 2.05) is 0 Å². The number of halogens is 2. The van der Waals surface area contributed by atoms with Crippen LogP contribution in [0.3, 0.4) is 0 Å². The Bertz CT molecular complexity index is 761. The molecular formula is C13H12F2N2O2S. The second-order valence-electron chi connectivity index (χ2n) is 4.27. The average Bonchev–Trinajstić information content (AvgIpc) is 2.33. The molecule has 0 aliphatic rings. The maximum atomic E-state index is 13.5. The molecule has 0 aliphatic heterocycles. The van der Waals surface area contributed by atoms with Crippen molar-refractivity contribution in [2.75, 3.05) is 17.3 Å². The van der Waals surface area contributed by atoms with Gasteiger partial charge in [-0.1, -0.05) is 0 Å². The molecule has 7 heteroatoms. The first-order valence-corrected chi connectivity index (χ1v) is 7.48. The maximum Gasteiger partial charge on any atom is 0.175 e. The van der Waals surface area contributed by atoms with Crippen LogP contribution in [-0.2, 0) is 9.84 Å². The van der Waals surface area contributed by atoms with E-state index in [1.165, 1.54) is 24.3 Å². The fraction of sp³-hybridized carbons (Fsp3) is 0.0769. The number of hydrogen-bond acceptors (Lipinski definition) is 4. The summed E-state index contributed by atoms with van der Waals surface area (Å²) in [7, 11) is -3.36. The third-order valence-electron chi connectivity index (χ3n) is 2.65. The summed E-state index contributed by atoms with van der Waals surface area (Å²) in [6.45, 7) is 0. The van der Waals surface area contributed by atoms with Crippen LogP contribution in [0.25, 0.3) is 0 Å². The minimum absolute atomic E-state index is 0.0465. The highest BCUT2D eigenvalue weighted by Crippen LogP contribution is 2.27. The number of rotatable bonds is 3. The van der Waals surface area contributed by atoms with E-state index >= 15 is 0 Å². The Hall–Kier alpha value is -2.15. The topological polar surface area (TPSA) is 72.2 Å². The molecule has 3 N–H and O–H groups in total. The first kappa shape index (κ1) is 14.3. The SMILES string of the molecule is CS(=O)(=O)c1ccc(Nc2ccc(F)cc2F)c(N)c1. The van der Waals surface area contributed by atoms with Gasteiger partial charge in [0.05, 0.1) is 22.0 Å². The Kier molecular flexibility index (Phi) is 3.63. The van der Waals surface area contributed by atoms with Crippen molar-refractivity contribution in [1.29, 1.82) is 0 Å². The Morgan fingerprint density at radius 1 is 1.05 bits per heavy atom. The van der Waals surface area contributed by atoms with Crippen molar-refractivity contribution >= 4 is 26.9 Å². The van der Waals surface area contributed by atoms with Crippen LogP contribution in [0.4, 0.5) is 25.8 Å².